The molecule has 0 aliphatic carbocycles. The van der Waals surface area contributed by atoms with E-state index >= 15 is 0 Å². The van der Waals surface area contributed by atoms with Crippen LogP contribution in [-0.4, -0.2) is 48.3 Å². The summed E-state index contributed by atoms with van der Waals surface area (Å²) in [5.74, 6) is -0.881. The second kappa shape index (κ2) is 8.03. The number of pyridine rings is 1. The lowest BCUT2D eigenvalue weighted by Gasteiger charge is -2.37. The summed E-state index contributed by atoms with van der Waals surface area (Å²) in [6.45, 7) is 3.84. The van der Waals surface area contributed by atoms with Gasteiger partial charge in [0.15, 0.2) is 0 Å². The molecule has 1 fully saturated rings. The molecule has 1 saturated heterocycles. The first kappa shape index (κ1) is 21.4. The Labute approximate surface area is 182 Å². The van der Waals surface area contributed by atoms with Crippen molar-refractivity contribution in [3.63, 3.8) is 0 Å². The summed E-state index contributed by atoms with van der Waals surface area (Å²) in [5.41, 5.74) is 0.857. The molecule has 1 N–H and O–H groups in total. The van der Waals surface area contributed by atoms with Crippen LogP contribution in [-0.2, 0) is 17.5 Å². The Morgan fingerprint density at radius 1 is 1.19 bits per heavy atom. The molecule has 0 bridgehead atoms. The third-order valence-corrected chi connectivity index (χ3v) is 6.07. The van der Waals surface area contributed by atoms with Crippen LogP contribution in [0.1, 0.15) is 29.7 Å². The van der Waals surface area contributed by atoms with Gasteiger partial charge in [-0.2, -0.15) is 13.2 Å². The molecule has 3 heterocycles. The Hall–Kier alpha value is -2.81. The summed E-state index contributed by atoms with van der Waals surface area (Å²) >= 11 is 6.50. The molecule has 0 spiro atoms. The average Bonchev–Trinajstić information content (AvgIpc) is 2.98. The highest BCUT2D eigenvalue weighted by Gasteiger charge is 2.41. The number of aromatic nitrogens is 1. The lowest BCUT2D eigenvalue weighted by molar-refractivity contribution is -0.138. The maximum atomic E-state index is 13.5. The van der Waals surface area contributed by atoms with Crippen molar-refractivity contribution in [2.24, 2.45) is 0 Å². The molecule has 1 aromatic carbocycles. The van der Waals surface area contributed by atoms with Gasteiger partial charge in [0.2, 0.25) is 5.91 Å². The molecule has 6 nitrogen and oxygen atoms in total. The number of amides is 1. The van der Waals surface area contributed by atoms with Gasteiger partial charge in [0, 0.05) is 32.4 Å². The monoisotopic (exact) mass is 451 g/mol. The summed E-state index contributed by atoms with van der Waals surface area (Å²) in [6, 6.07) is 5.28. The Kier molecular flexibility index (Phi) is 5.55. The number of carbonyl (C=O) groups is 1. The lowest BCUT2D eigenvalue weighted by Crippen LogP contribution is -2.46. The largest absolute Gasteiger partial charge is 0.416 e. The third-order valence-electron chi connectivity index (χ3n) is 5.79. The molecule has 10 heteroatoms. The molecule has 4 rings (SSSR count). The number of halogens is 4. The van der Waals surface area contributed by atoms with Gasteiger partial charge in [0.05, 0.1) is 46.5 Å². The summed E-state index contributed by atoms with van der Waals surface area (Å²) < 4.78 is 40.6. The second-order valence-electron chi connectivity index (χ2n) is 7.64. The van der Waals surface area contributed by atoms with Crippen LogP contribution >= 0.6 is 11.6 Å². The van der Waals surface area contributed by atoms with Gasteiger partial charge in [-0.25, -0.2) is 0 Å². The van der Waals surface area contributed by atoms with Gasteiger partial charge in [0.1, 0.15) is 0 Å². The van der Waals surface area contributed by atoms with Gasteiger partial charge in [0.25, 0.3) is 0 Å². The fourth-order valence-corrected chi connectivity index (χ4v) is 4.42. The van der Waals surface area contributed by atoms with Crippen molar-refractivity contribution in [3.05, 3.63) is 52.3 Å². The molecule has 0 saturated carbocycles. The number of fused-ring (bicyclic) bond motifs is 1. The summed E-state index contributed by atoms with van der Waals surface area (Å²) in [4.78, 5) is 22.7. The van der Waals surface area contributed by atoms with Crippen LogP contribution in [0.25, 0.3) is 0 Å². The maximum absolute atomic E-state index is 13.5. The van der Waals surface area contributed by atoms with E-state index in [1.165, 1.54) is 35.6 Å². The van der Waals surface area contributed by atoms with Crippen molar-refractivity contribution in [2.75, 3.05) is 36.0 Å². The zero-order valence-electron chi connectivity index (χ0n) is 16.8. The van der Waals surface area contributed by atoms with E-state index in [0.29, 0.717) is 48.3 Å². The van der Waals surface area contributed by atoms with Crippen LogP contribution in [0.4, 0.5) is 24.5 Å². The van der Waals surface area contributed by atoms with Crippen LogP contribution < -0.4 is 9.80 Å². The van der Waals surface area contributed by atoms with E-state index < -0.39 is 17.7 Å². The highest BCUT2D eigenvalue weighted by Crippen LogP contribution is 2.47. The quantitative estimate of drug-likeness (QED) is 0.560. The lowest BCUT2D eigenvalue weighted by atomic mass is 10.1. The van der Waals surface area contributed by atoms with Crippen LogP contribution in [0, 0.1) is 5.41 Å². The van der Waals surface area contributed by atoms with Gasteiger partial charge < -0.3 is 14.7 Å². The molecule has 31 heavy (non-hydrogen) atoms. The molecule has 1 unspecified atom stereocenters. The zero-order valence-corrected chi connectivity index (χ0v) is 17.5. The van der Waals surface area contributed by atoms with Crippen molar-refractivity contribution in [1.29, 1.82) is 5.41 Å². The maximum Gasteiger partial charge on any atom is 0.416 e. The van der Waals surface area contributed by atoms with Crippen LogP contribution in [0.5, 0.6) is 0 Å². The number of nitrogens with zero attached hydrogens (tertiary/aromatic N) is 4. The van der Waals surface area contributed by atoms with Crippen molar-refractivity contribution in [3.8, 4) is 0 Å². The average molecular weight is 452 g/mol. The van der Waals surface area contributed by atoms with Gasteiger partial charge in [-0.1, -0.05) is 29.8 Å². The Bertz CT molecular complexity index is 1020. The van der Waals surface area contributed by atoms with Gasteiger partial charge in [-0.3, -0.25) is 15.2 Å². The first-order chi connectivity index (χ1) is 14.7. The molecule has 2 aromatic rings. The van der Waals surface area contributed by atoms with Gasteiger partial charge >= 0.3 is 6.18 Å². The molecule has 2 aliphatic rings. The van der Waals surface area contributed by atoms with Gasteiger partial charge in [-0.05, 0) is 18.6 Å². The zero-order chi connectivity index (χ0) is 22.3. The van der Waals surface area contributed by atoms with Crippen molar-refractivity contribution >= 4 is 35.2 Å². The number of nitrogens with one attached hydrogen (secondary N) is 1. The Balaban J connectivity index is 1.77. The van der Waals surface area contributed by atoms with E-state index in [0.717, 1.165) is 6.07 Å². The van der Waals surface area contributed by atoms with Crippen molar-refractivity contribution in [1.82, 2.24) is 9.88 Å². The van der Waals surface area contributed by atoms with E-state index in [1.54, 1.807) is 6.92 Å². The number of carbonyl (C=O) groups excluding carboxylic acids is 1. The van der Waals surface area contributed by atoms with E-state index in [4.69, 9.17) is 17.0 Å². The SMILES string of the molecule is CC1C(=O)N(Cc2ccccc2C(F)(F)F)c2c1ncc(Cl)c2N1CCN(C=N)CC1. The van der Waals surface area contributed by atoms with E-state index in [1.807, 2.05) is 9.80 Å². The van der Waals surface area contributed by atoms with Crippen LogP contribution in [0.15, 0.2) is 30.5 Å². The summed E-state index contributed by atoms with van der Waals surface area (Å²) in [7, 11) is 0. The molecule has 2 aliphatic heterocycles. The predicted molar refractivity (Wildman–Crippen MR) is 113 cm³/mol. The Morgan fingerprint density at radius 2 is 1.87 bits per heavy atom. The normalized spacial score (nSPS) is 19.1. The molecular weight excluding hydrogens is 431 g/mol. The molecule has 1 amide bonds. The Morgan fingerprint density at radius 3 is 2.52 bits per heavy atom. The molecular formula is C21H21ClF3N5O. The van der Waals surface area contributed by atoms with Crippen LogP contribution in [0.2, 0.25) is 5.02 Å². The topological polar surface area (TPSA) is 63.5 Å². The van der Waals surface area contributed by atoms with E-state index in [2.05, 4.69) is 4.98 Å². The second-order valence-corrected chi connectivity index (χ2v) is 8.05. The first-order valence-corrected chi connectivity index (χ1v) is 10.2. The number of rotatable bonds is 4. The number of anilines is 2. The van der Waals surface area contributed by atoms with Crippen LogP contribution in [0.3, 0.4) is 0 Å². The molecule has 164 valence electrons. The minimum Gasteiger partial charge on any atom is -0.365 e. The number of hydrogen-bond acceptors (Lipinski definition) is 4. The standard InChI is InChI=1S/C21H21ClF3N5O/c1-13-17-19(18(16(22)10-27-17)29-8-6-28(12-26)7-9-29)30(20(13)31)11-14-4-2-3-5-15(14)21(23,24)25/h2-5,10,12-13,26H,6-9,11H2,1H3. The first-order valence-electron chi connectivity index (χ1n) is 9.86. The highest BCUT2D eigenvalue weighted by molar-refractivity contribution is 6.34. The highest BCUT2D eigenvalue weighted by atomic mass is 35.5. The number of hydrogen-bond donors (Lipinski definition) is 1. The summed E-state index contributed by atoms with van der Waals surface area (Å²) in [6.07, 6.45) is -1.75. The molecule has 0 radical (unpaired) electrons. The third kappa shape index (κ3) is 3.82. The smallest absolute Gasteiger partial charge is 0.365 e. The fourth-order valence-electron chi connectivity index (χ4n) is 4.16. The summed E-state index contributed by atoms with van der Waals surface area (Å²) in [5, 5.41) is 7.76. The number of benzene rings is 1. The van der Waals surface area contributed by atoms with Crippen molar-refractivity contribution in [2.45, 2.75) is 25.6 Å². The minimum atomic E-state index is -4.52. The number of piperazine rings is 1. The van der Waals surface area contributed by atoms with Gasteiger partial charge in [-0.15, -0.1) is 0 Å². The fraction of sp³-hybridized carbons (Fsp3) is 0.381. The molecule has 1 aromatic heterocycles. The minimum absolute atomic E-state index is 0.0166. The predicted octanol–water partition coefficient (Wildman–Crippen LogP) is 4.13. The van der Waals surface area contributed by atoms with E-state index in [-0.39, 0.29) is 18.0 Å². The van der Waals surface area contributed by atoms with E-state index in [9.17, 15) is 18.0 Å². The number of alkyl halides is 3. The molecule has 1 atom stereocenters. The van der Waals surface area contributed by atoms with Crippen molar-refractivity contribution < 1.29 is 18.0 Å².